The molecule has 0 aromatic rings. The van der Waals surface area contributed by atoms with E-state index in [2.05, 4.69) is 12.6 Å². The molecule has 14 heavy (non-hydrogen) atoms. The Balaban J connectivity index is 2.66. The van der Waals surface area contributed by atoms with Crippen LogP contribution in [-0.2, 0) is 9.59 Å². The normalized spacial score (nSPS) is 28.1. The predicted octanol–water partition coefficient (Wildman–Crippen LogP) is 1.11. The molecule has 0 saturated carbocycles. The molecule has 1 aliphatic rings. The summed E-state index contributed by atoms with van der Waals surface area (Å²) >= 11 is 4.00. The minimum absolute atomic E-state index is 0.0636. The van der Waals surface area contributed by atoms with Crippen molar-refractivity contribution in [1.29, 1.82) is 0 Å². The van der Waals surface area contributed by atoms with E-state index in [1.807, 2.05) is 6.08 Å². The third kappa shape index (κ3) is 2.00. The Morgan fingerprint density at radius 3 is 2.14 bits per heavy atom. The van der Waals surface area contributed by atoms with Gasteiger partial charge in [0.1, 0.15) is 0 Å². The Hall–Kier alpha value is -0.770. The maximum atomic E-state index is 11.6. The third-order valence-electron chi connectivity index (χ3n) is 2.62. The van der Waals surface area contributed by atoms with Crippen LogP contribution in [0.2, 0.25) is 0 Å². The summed E-state index contributed by atoms with van der Waals surface area (Å²) in [6.07, 6.45) is 3.63. The summed E-state index contributed by atoms with van der Waals surface area (Å²) in [5.41, 5.74) is 0. The molecule has 0 aliphatic carbocycles. The highest BCUT2D eigenvalue weighted by Gasteiger charge is 2.41. The fraction of sp³-hybridized carbons (Fsp3) is 0.600. The van der Waals surface area contributed by atoms with Gasteiger partial charge >= 0.3 is 0 Å². The zero-order chi connectivity index (χ0) is 10.7. The van der Waals surface area contributed by atoms with Crippen LogP contribution in [0.3, 0.4) is 0 Å². The van der Waals surface area contributed by atoms with E-state index in [1.54, 1.807) is 19.9 Å². The first kappa shape index (κ1) is 11.3. The number of hydrogen-bond acceptors (Lipinski definition) is 3. The van der Waals surface area contributed by atoms with Gasteiger partial charge in [-0.15, -0.1) is 0 Å². The van der Waals surface area contributed by atoms with Gasteiger partial charge in [-0.2, -0.15) is 12.6 Å². The lowest BCUT2D eigenvalue weighted by Gasteiger charge is -2.10. The summed E-state index contributed by atoms with van der Waals surface area (Å²) in [7, 11) is 0. The van der Waals surface area contributed by atoms with E-state index < -0.39 is 0 Å². The lowest BCUT2D eigenvalue weighted by atomic mass is 10.00. The number of carbonyl (C=O) groups excluding carboxylic acids is 2. The van der Waals surface area contributed by atoms with Crippen molar-refractivity contribution in [2.45, 2.75) is 13.8 Å². The number of likely N-dealkylation sites (tertiary alicyclic amines) is 1. The van der Waals surface area contributed by atoms with Crippen LogP contribution in [0.4, 0.5) is 0 Å². The van der Waals surface area contributed by atoms with Crippen LogP contribution in [0.15, 0.2) is 12.2 Å². The van der Waals surface area contributed by atoms with Gasteiger partial charge in [0.25, 0.3) is 0 Å². The van der Waals surface area contributed by atoms with Gasteiger partial charge in [0.15, 0.2) is 0 Å². The van der Waals surface area contributed by atoms with Gasteiger partial charge in [-0.25, -0.2) is 0 Å². The van der Waals surface area contributed by atoms with E-state index >= 15 is 0 Å². The zero-order valence-corrected chi connectivity index (χ0v) is 9.33. The Labute approximate surface area is 89.6 Å². The van der Waals surface area contributed by atoms with Crippen LogP contribution in [0.1, 0.15) is 13.8 Å². The van der Waals surface area contributed by atoms with Gasteiger partial charge in [0, 0.05) is 24.1 Å². The lowest BCUT2D eigenvalue weighted by molar-refractivity contribution is -0.139. The molecule has 2 unspecified atom stereocenters. The number of nitrogens with zero attached hydrogens (tertiary/aromatic N) is 1. The second kappa shape index (κ2) is 4.64. The Morgan fingerprint density at radius 1 is 1.21 bits per heavy atom. The van der Waals surface area contributed by atoms with E-state index in [1.165, 1.54) is 4.90 Å². The molecular weight excluding hydrogens is 198 g/mol. The van der Waals surface area contributed by atoms with E-state index in [4.69, 9.17) is 0 Å². The van der Waals surface area contributed by atoms with Gasteiger partial charge in [0.2, 0.25) is 11.8 Å². The number of rotatable bonds is 3. The Bertz CT molecular complexity index is 255. The van der Waals surface area contributed by atoms with Gasteiger partial charge in [-0.1, -0.05) is 26.0 Å². The second-order valence-corrected chi connectivity index (χ2v) is 3.88. The standard InChI is InChI=1S/C10H15NO2S/c1-7-8(2)10(13)11(9(7)12)5-3-4-6-14/h3-4,7-8,14H,5-6H2,1-2H3. The number of thiol groups is 1. The highest BCUT2D eigenvalue weighted by Crippen LogP contribution is 2.24. The van der Waals surface area contributed by atoms with Crippen LogP contribution in [-0.4, -0.2) is 29.0 Å². The first-order valence-corrected chi connectivity index (χ1v) is 5.34. The SMILES string of the molecule is CC1C(=O)N(CC=CCS)C(=O)C1C. The molecule has 1 fully saturated rings. The number of imide groups is 1. The molecule has 1 saturated heterocycles. The average Bonchev–Trinajstić information content (AvgIpc) is 2.35. The lowest BCUT2D eigenvalue weighted by Crippen LogP contribution is -2.30. The van der Waals surface area contributed by atoms with Gasteiger partial charge in [0.05, 0.1) is 0 Å². The molecule has 0 spiro atoms. The number of hydrogen-bond donors (Lipinski definition) is 1. The molecule has 4 heteroatoms. The molecule has 1 heterocycles. The smallest absolute Gasteiger partial charge is 0.233 e. The Morgan fingerprint density at radius 2 is 1.71 bits per heavy atom. The van der Waals surface area contributed by atoms with E-state index in [0.717, 1.165) is 0 Å². The molecule has 1 rings (SSSR count). The zero-order valence-electron chi connectivity index (χ0n) is 8.43. The van der Waals surface area contributed by atoms with Gasteiger partial charge < -0.3 is 0 Å². The summed E-state index contributed by atoms with van der Waals surface area (Å²) in [5.74, 6) is 0.151. The summed E-state index contributed by atoms with van der Waals surface area (Å²) < 4.78 is 0. The monoisotopic (exact) mass is 213 g/mol. The van der Waals surface area contributed by atoms with Crippen LogP contribution in [0, 0.1) is 11.8 Å². The quantitative estimate of drug-likeness (QED) is 0.433. The highest BCUT2D eigenvalue weighted by molar-refractivity contribution is 7.80. The maximum absolute atomic E-state index is 11.6. The molecule has 0 N–H and O–H groups in total. The van der Waals surface area contributed by atoms with Crippen molar-refractivity contribution < 1.29 is 9.59 Å². The second-order valence-electron chi connectivity index (χ2n) is 3.52. The fourth-order valence-corrected chi connectivity index (χ4v) is 1.61. The largest absolute Gasteiger partial charge is 0.278 e. The van der Waals surface area contributed by atoms with Gasteiger partial charge in [-0.3, -0.25) is 14.5 Å². The average molecular weight is 213 g/mol. The summed E-state index contributed by atoms with van der Waals surface area (Å²) in [6, 6.07) is 0. The highest BCUT2D eigenvalue weighted by atomic mass is 32.1. The third-order valence-corrected chi connectivity index (χ3v) is 2.83. The minimum atomic E-state index is -0.174. The van der Waals surface area contributed by atoms with Crippen LogP contribution < -0.4 is 0 Å². The molecule has 2 atom stereocenters. The minimum Gasteiger partial charge on any atom is -0.278 e. The molecule has 0 aromatic heterocycles. The first-order chi connectivity index (χ1) is 6.59. The summed E-state index contributed by atoms with van der Waals surface area (Å²) in [4.78, 5) is 24.5. The van der Waals surface area contributed by atoms with Crippen molar-refractivity contribution in [1.82, 2.24) is 4.90 Å². The van der Waals surface area contributed by atoms with Crippen molar-refractivity contribution in [3.05, 3.63) is 12.2 Å². The van der Waals surface area contributed by atoms with Crippen molar-refractivity contribution in [2.75, 3.05) is 12.3 Å². The van der Waals surface area contributed by atoms with E-state index in [-0.39, 0.29) is 23.7 Å². The molecule has 0 radical (unpaired) electrons. The van der Waals surface area contributed by atoms with Gasteiger partial charge in [-0.05, 0) is 0 Å². The molecule has 78 valence electrons. The number of amides is 2. The maximum Gasteiger partial charge on any atom is 0.233 e. The molecule has 3 nitrogen and oxygen atoms in total. The van der Waals surface area contributed by atoms with Crippen LogP contribution in [0.5, 0.6) is 0 Å². The molecular formula is C10H15NO2S. The molecule has 0 bridgehead atoms. The Kier molecular flexibility index (Phi) is 3.75. The van der Waals surface area contributed by atoms with Crippen molar-refractivity contribution in [3.8, 4) is 0 Å². The first-order valence-electron chi connectivity index (χ1n) is 4.70. The molecule has 2 amide bonds. The van der Waals surface area contributed by atoms with Crippen LogP contribution >= 0.6 is 12.6 Å². The summed E-state index contributed by atoms with van der Waals surface area (Å²) in [6.45, 7) is 3.98. The number of carbonyl (C=O) groups is 2. The van der Waals surface area contributed by atoms with Crippen molar-refractivity contribution in [3.63, 3.8) is 0 Å². The fourth-order valence-electron chi connectivity index (χ4n) is 1.46. The summed E-state index contributed by atoms with van der Waals surface area (Å²) in [5, 5.41) is 0. The molecule has 1 aliphatic heterocycles. The van der Waals surface area contributed by atoms with E-state index in [0.29, 0.717) is 12.3 Å². The van der Waals surface area contributed by atoms with Crippen molar-refractivity contribution in [2.24, 2.45) is 11.8 Å². The topological polar surface area (TPSA) is 37.4 Å². The predicted molar refractivity (Wildman–Crippen MR) is 58.0 cm³/mol. The van der Waals surface area contributed by atoms with Crippen molar-refractivity contribution >= 4 is 24.4 Å². The molecule has 0 aromatic carbocycles. The van der Waals surface area contributed by atoms with Crippen LogP contribution in [0.25, 0.3) is 0 Å². The van der Waals surface area contributed by atoms with E-state index in [9.17, 15) is 9.59 Å².